The van der Waals surface area contributed by atoms with Crippen molar-refractivity contribution in [3.63, 3.8) is 0 Å². The molecule has 0 aliphatic carbocycles. The van der Waals surface area contributed by atoms with Crippen LogP contribution in [0.5, 0.6) is 5.75 Å². The summed E-state index contributed by atoms with van der Waals surface area (Å²) in [5.41, 5.74) is 6.27. The normalized spacial score (nSPS) is 11.5. The van der Waals surface area contributed by atoms with Gasteiger partial charge < -0.3 is 15.3 Å². The van der Waals surface area contributed by atoms with Gasteiger partial charge in [-0.3, -0.25) is 4.98 Å². The molecule has 0 saturated carbocycles. The molecule has 0 spiro atoms. The van der Waals surface area contributed by atoms with Crippen LogP contribution in [0.4, 0.5) is 0 Å². The molecule has 1 aromatic carbocycles. The molecule has 0 aliphatic rings. The Balaban J connectivity index is 2.04. The lowest BCUT2D eigenvalue weighted by atomic mass is 10.2. The molecule has 2 aromatic rings. The fraction of sp³-hybridized carbons (Fsp3) is 0.267. The van der Waals surface area contributed by atoms with E-state index in [2.05, 4.69) is 15.0 Å². The monoisotopic (exact) mass is 321 g/mol. The molecule has 7 heteroatoms. The predicted molar refractivity (Wildman–Crippen MR) is 84.9 cm³/mol. The van der Waals surface area contributed by atoms with E-state index in [0.29, 0.717) is 29.1 Å². The molecule has 1 aromatic heterocycles. The summed E-state index contributed by atoms with van der Waals surface area (Å²) in [5.74, 6) is 0.158. The van der Waals surface area contributed by atoms with Crippen LogP contribution in [0.3, 0.4) is 0 Å². The first-order valence-electron chi connectivity index (χ1n) is 6.80. The van der Waals surface area contributed by atoms with Crippen molar-refractivity contribution in [3.05, 3.63) is 35.5 Å². The standard InChI is InChI=1S/C15H16ClN3O3/c1-2-4-14(20)22-19-13(17)9-21-12-7-6-11(16)10-5-3-8-18-15(10)12/h3,5-8H,2,4,9H2,1H3,(H2,17,19). The third kappa shape index (κ3) is 4.08. The number of halogens is 1. The van der Waals surface area contributed by atoms with Crippen molar-refractivity contribution < 1.29 is 14.4 Å². The van der Waals surface area contributed by atoms with Gasteiger partial charge in [-0.15, -0.1) is 0 Å². The molecule has 0 aliphatic heterocycles. The first kappa shape index (κ1) is 16.0. The molecule has 0 radical (unpaired) electrons. The number of amidine groups is 1. The molecule has 0 atom stereocenters. The van der Waals surface area contributed by atoms with Crippen LogP contribution < -0.4 is 10.5 Å². The van der Waals surface area contributed by atoms with E-state index in [1.807, 2.05) is 13.0 Å². The van der Waals surface area contributed by atoms with Gasteiger partial charge in [0, 0.05) is 18.0 Å². The molecule has 1 heterocycles. The second-order valence-corrected chi connectivity index (χ2v) is 4.94. The average Bonchev–Trinajstić information content (AvgIpc) is 2.53. The van der Waals surface area contributed by atoms with Crippen LogP contribution in [0, 0.1) is 0 Å². The summed E-state index contributed by atoms with van der Waals surface area (Å²) in [4.78, 5) is 20.1. The number of fused-ring (bicyclic) bond motifs is 1. The van der Waals surface area contributed by atoms with Crippen molar-refractivity contribution in [2.75, 3.05) is 6.61 Å². The van der Waals surface area contributed by atoms with Crippen molar-refractivity contribution in [2.24, 2.45) is 10.9 Å². The average molecular weight is 322 g/mol. The quantitative estimate of drug-likeness (QED) is 0.382. The first-order valence-corrected chi connectivity index (χ1v) is 7.17. The number of pyridine rings is 1. The summed E-state index contributed by atoms with van der Waals surface area (Å²) in [5, 5.41) is 4.90. The van der Waals surface area contributed by atoms with E-state index in [-0.39, 0.29) is 12.4 Å². The Bertz CT molecular complexity index is 703. The van der Waals surface area contributed by atoms with Crippen molar-refractivity contribution in [1.29, 1.82) is 0 Å². The van der Waals surface area contributed by atoms with Gasteiger partial charge in [-0.05, 0) is 30.7 Å². The van der Waals surface area contributed by atoms with Gasteiger partial charge in [0.2, 0.25) is 0 Å². The van der Waals surface area contributed by atoms with Gasteiger partial charge in [0.1, 0.15) is 17.9 Å². The minimum absolute atomic E-state index is 0.0211. The highest BCUT2D eigenvalue weighted by atomic mass is 35.5. The Morgan fingerprint density at radius 3 is 3.00 bits per heavy atom. The van der Waals surface area contributed by atoms with Gasteiger partial charge in [-0.25, -0.2) is 4.79 Å². The number of hydrogen-bond donors (Lipinski definition) is 1. The van der Waals surface area contributed by atoms with E-state index in [1.54, 1.807) is 24.4 Å². The second-order valence-electron chi connectivity index (χ2n) is 4.53. The number of aromatic nitrogens is 1. The van der Waals surface area contributed by atoms with E-state index in [9.17, 15) is 4.79 Å². The van der Waals surface area contributed by atoms with Gasteiger partial charge in [0.25, 0.3) is 0 Å². The smallest absolute Gasteiger partial charge is 0.335 e. The lowest BCUT2D eigenvalue weighted by Crippen LogP contribution is -2.22. The van der Waals surface area contributed by atoms with E-state index in [4.69, 9.17) is 22.1 Å². The third-order valence-electron chi connectivity index (χ3n) is 2.77. The Morgan fingerprint density at radius 2 is 2.23 bits per heavy atom. The van der Waals surface area contributed by atoms with E-state index < -0.39 is 5.97 Å². The van der Waals surface area contributed by atoms with Gasteiger partial charge in [0.15, 0.2) is 5.84 Å². The molecule has 22 heavy (non-hydrogen) atoms. The minimum Gasteiger partial charge on any atom is -0.483 e. The molecular weight excluding hydrogens is 306 g/mol. The molecule has 0 saturated heterocycles. The Morgan fingerprint density at radius 1 is 1.41 bits per heavy atom. The lowest BCUT2D eigenvalue weighted by Gasteiger charge is -2.09. The highest BCUT2D eigenvalue weighted by Crippen LogP contribution is 2.29. The molecule has 116 valence electrons. The maximum Gasteiger partial charge on any atom is 0.335 e. The van der Waals surface area contributed by atoms with Gasteiger partial charge >= 0.3 is 5.97 Å². The minimum atomic E-state index is -0.427. The Labute approximate surface area is 132 Å². The lowest BCUT2D eigenvalue weighted by molar-refractivity contribution is -0.143. The topological polar surface area (TPSA) is 86.8 Å². The van der Waals surface area contributed by atoms with E-state index in [1.165, 1.54) is 0 Å². The number of nitrogens with zero attached hydrogens (tertiary/aromatic N) is 2. The van der Waals surface area contributed by atoms with Crippen LogP contribution in [-0.4, -0.2) is 23.4 Å². The van der Waals surface area contributed by atoms with E-state index in [0.717, 1.165) is 5.39 Å². The Hall–Kier alpha value is -2.34. The highest BCUT2D eigenvalue weighted by Gasteiger charge is 2.08. The summed E-state index contributed by atoms with van der Waals surface area (Å²) in [7, 11) is 0. The zero-order valence-corrected chi connectivity index (χ0v) is 12.8. The highest BCUT2D eigenvalue weighted by molar-refractivity contribution is 6.35. The molecular formula is C15H16ClN3O3. The molecule has 0 unspecified atom stereocenters. The number of ether oxygens (including phenoxy) is 1. The summed E-state index contributed by atoms with van der Waals surface area (Å²) in [6, 6.07) is 7.06. The fourth-order valence-electron chi connectivity index (χ4n) is 1.77. The third-order valence-corrected chi connectivity index (χ3v) is 3.10. The van der Waals surface area contributed by atoms with Gasteiger partial charge in [-0.2, -0.15) is 0 Å². The number of nitrogens with two attached hydrogens (primary N) is 1. The Kier molecular flexibility index (Phi) is 5.55. The molecule has 6 nitrogen and oxygen atoms in total. The fourth-order valence-corrected chi connectivity index (χ4v) is 1.98. The van der Waals surface area contributed by atoms with Crippen LogP contribution in [0.2, 0.25) is 5.02 Å². The molecule has 2 N–H and O–H groups in total. The predicted octanol–water partition coefficient (Wildman–Crippen LogP) is 2.88. The molecule has 0 fully saturated rings. The molecule has 0 amide bonds. The first-order chi connectivity index (χ1) is 10.6. The zero-order valence-electron chi connectivity index (χ0n) is 12.1. The SMILES string of the molecule is CCCC(=O)O/N=C(\N)COc1ccc(Cl)c2cccnc12. The number of rotatable bonds is 6. The number of benzene rings is 1. The van der Waals surface area contributed by atoms with Crippen LogP contribution in [-0.2, 0) is 9.63 Å². The van der Waals surface area contributed by atoms with Crippen LogP contribution >= 0.6 is 11.6 Å². The van der Waals surface area contributed by atoms with Gasteiger partial charge in [0.05, 0.1) is 5.02 Å². The number of carbonyl (C=O) groups is 1. The number of carbonyl (C=O) groups excluding carboxylic acids is 1. The summed E-state index contributed by atoms with van der Waals surface area (Å²) in [6.07, 6.45) is 2.63. The summed E-state index contributed by atoms with van der Waals surface area (Å²) < 4.78 is 5.56. The largest absolute Gasteiger partial charge is 0.483 e. The number of oxime groups is 1. The maximum atomic E-state index is 11.2. The van der Waals surface area contributed by atoms with Crippen molar-refractivity contribution >= 4 is 34.3 Å². The van der Waals surface area contributed by atoms with E-state index >= 15 is 0 Å². The van der Waals surface area contributed by atoms with Crippen molar-refractivity contribution in [2.45, 2.75) is 19.8 Å². The molecule has 0 bridgehead atoms. The molecule has 2 rings (SSSR count). The summed E-state index contributed by atoms with van der Waals surface area (Å²) >= 11 is 6.10. The zero-order chi connectivity index (χ0) is 15.9. The van der Waals surface area contributed by atoms with Gasteiger partial charge in [-0.1, -0.05) is 23.7 Å². The number of hydrogen-bond acceptors (Lipinski definition) is 5. The van der Waals surface area contributed by atoms with Crippen LogP contribution in [0.25, 0.3) is 10.9 Å². The van der Waals surface area contributed by atoms with Crippen molar-refractivity contribution in [1.82, 2.24) is 4.98 Å². The second kappa shape index (κ2) is 7.61. The van der Waals surface area contributed by atoms with Crippen LogP contribution in [0.15, 0.2) is 35.6 Å². The maximum absolute atomic E-state index is 11.2. The van der Waals surface area contributed by atoms with Crippen LogP contribution in [0.1, 0.15) is 19.8 Å². The summed E-state index contributed by atoms with van der Waals surface area (Å²) in [6.45, 7) is 1.85. The van der Waals surface area contributed by atoms with Crippen molar-refractivity contribution in [3.8, 4) is 5.75 Å².